The first-order valence-electron chi connectivity index (χ1n) is 11.5. The molecule has 5 rings (SSSR count). The molecule has 1 unspecified atom stereocenters. The molecule has 172 valence electrons. The fourth-order valence-electron chi connectivity index (χ4n) is 4.55. The number of pyridine rings is 1. The molecule has 9 heteroatoms. The molecule has 1 atom stereocenters. The van der Waals surface area contributed by atoms with E-state index in [0.29, 0.717) is 29.4 Å². The van der Waals surface area contributed by atoms with Gasteiger partial charge in [0.25, 0.3) is 0 Å². The van der Waals surface area contributed by atoms with Crippen molar-refractivity contribution in [3.8, 4) is 17.8 Å². The van der Waals surface area contributed by atoms with Gasteiger partial charge >= 0.3 is 6.01 Å². The van der Waals surface area contributed by atoms with E-state index in [4.69, 9.17) is 14.2 Å². The number of nitrogens with zero attached hydrogens (tertiary/aromatic N) is 6. The molecule has 0 aromatic carbocycles. The van der Waals surface area contributed by atoms with E-state index in [1.165, 1.54) is 0 Å². The zero-order valence-electron chi connectivity index (χ0n) is 19.0. The molecule has 1 aliphatic heterocycles. The lowest BCUT2D eigenvalue weighted by Gasteiger charge is -2.33. The lowest BCUT2D eigenvalue weighted by atomic mass is 9.95. The van der Waals surface area contributed by atoms with Gasteiger partial charge in [0.15, 0.2) is 0 Å². The Bertz CT molecular complexity index is 1160. The van der Waals surface area contributed by atoms with Gasteiger partial charge in [-0.1, -0.05) is 0 Å². The highest BCUT2D eigenvalue weighted by Gasteiger charge is 2.26. The Balaban J connectivity index is 1.32. The summed E-state index contributed by atoms with van der Waals surface area (Å²) in [6.45, 7) is 6.31. The maximum Gasteiger partial charge on any atom is 0.316 e. The van der Waals surface area contributed by atoms with Crippen LogP contribution in [-0.2, 0) is 4.74 Å². The van der Waals surface area contributed by atoms with Crippen LogP contribution in [0.1, 0.15) is 43.9 Å². The first kappa shape index (κ1) is 21.5. The number of fused-ring (bicyclic) bond motifs is 1. The molecule has 4 heterocycles. The van der Waals surface area contributed by atoms with Crippen LogP contribution in [0.15, 0.2) is 30.7 Å². The second-order valence-corrected chi connectivity index (χ2v) is 8.77. The number of hydrogen-bond donors (Lipinski definition) is 0. The third-order valence-corrected chi connectivity index (χ3v) is 6.25. The van der Waals surface area contributed by atoms with E-state index < -0.39 is 0 Å². The standard InChI is InChI=1S/C24H28N6O3/c1-16-7-8-26-24(28-16)33-21-5-3-20(4-6-21)32-22-11-19(29-9-10-31-17(2)14-29)15-30-23(22)18(12-25)13-27-30/h7-8,11,13,15,17,20-21H,3-6,9-10,14H2,1-2H3. The SMILES string of the molecule is Cc1ccnc(OC2CCC(Oc3cc(N4CCOC(C)C4)cn4ncc(C#N)c34)CC2)n1. The largest absolute Gasteiger partial charge is 0.488 e. The molecule has 0 bridgehead atoms. The van der Waals surface area contributed by atoms with Crippen LogP contribution in [0.5, 0.6) is 11.8 Å². The van der Waals surface area contributed by atoms with Crippen molar-refractivity contribution in [2.45, 2.75) is 57.8 Å². The topological polar surface area (TPSA) is 97.8 Å². The van der Waals surface area contributed by atoms with Crippen molar-refractivity contribution in [2.24, 2.45) is 0 Å². The minimum atomic E-state index is 0.0485. The number of aryl methyl sites for hydroxylation is 1. The fraction of sp³-hybridized carbons (Fsp3) is 0.500. The third kappa shape index (κ3) is 4.71. The van der Waals surface area contributed by atoms with Gasteiger partial charge in [-0.05, 0) is 45.6 Å². The summed E-state index contributed by atoms with van der Waals surface area (Å²) in [4.78, 5) is 10.8. The number of aromatic nitrogens is 4. The molecule has 1 aliphatic carbocycles. The molecule has 3 aromatic heterocycles. The molecule has 1 saturated carbocycles. The van der Waals surface area contributed by atoms with E-state index in [2.05, 4.69) is 33.0 Å². The van der Waals surface area contributed by atoms with Gasteiger partial charge in [-0.2, -0.15) is 10.4 Å². The lowest BCUT2D eigenvalue weighted by Crippen LogP contribution is -2.41. The van der Waals surface area contributed by atoms with Crippen molar-refractivity contribution in [1.82, 2.24) is 19.6 Å². The molecule has 0 spiro atoms. The maximum atomic E-state index is 9.59. The number of nitriles is 1. The van der Waals surface area contributed by atoms with Gasteiger partial charge < -0.3 is 19.1 Å². The molecule has 0 N–H and O–H groups in total. The lowest BCUT2D eigenvalue weighted by molar-refractivity contribution is 0.0531. The Morgan fingerprint density at radius 3 is 2.70 bits per heavy atom. The van der Waals surface area contributed by atoms with Gasteiger partial charge in [0, 0.05) is 31.0 Å². The van der Waals surface area contributed by atoms with E-state index in [0.717, 1.165) is 50.2 Å². The Kier molecular flexibility index (Phi) is 6.01. The molecular formula is C24H28N6O3. The third-order valence-electron chi connectivity index (χ3n) is 6.25. The predicted molar refractivity (Wildman–Crippen MR) is 122 cm³/mol. The summed E-state index contributed by atoms with van der Waals surface area (Å²) in [7, 11) is 0. The molecule has 33 heavy (non-hydrogen) atoms. The van der Waals surface area contributed by atoms with Crippen molar-refractivity contribution in [3.63, 3.8) is 0 Å². The van der Waals surface area contributed by atoms with Crippen LogP contribution < -0.4 is 14.4 Å². The average molecular weight is 449 g/mol. The maximum absolute atomic E-state index is 9.59. The Hall–Kier alpha value is -3.38. The van der Waals surface area contributed by atoms with Crippen molar-refractivity contribution in [2.75, 3.05) is 24.6 Å². The van der Waals surface area contributed by atoms with Crippen molar-refractivity contribution < 1.29 is 14.2 Å². The summed E-state index contributed by atoms with van der Waals surface area (Å²) in [6.07, 6.45) is 9.03. The van der Waals surface area contributed by atoms with Crippen LogP contribution in [0.2, 0.25) is 0 Å². The number of hydrogen-bond acceptors (Lipinski definition) is 8. The number of anilines is 1. The number of ether oxygens (including phenoxy) is 3. The van der Waals surface area contributed by atoms with Crippen LogP contribution in [0.4, 0.5) is 5.69 Å². The number of morpholine rings is 1. The van der Waals surface area contributed by atoms with E-state index in [9.17, 15) is 5.26 Å². The first-order chi connectivity index (χ1) is 16.1. The molecule has 2 fully saturated rings. The van der Waals surface area contributed by atoms with Gasteiger partial charge in [-0.3, -0.25) is 0 Å². The van der Waals surface area contributed by atoms with Gasteiger partial charge in [-0.15, -0.1) is 0 Å². The van der Waals surface area contributed by atoms with Crippen molar-refractivity contribution in [1.29, 1.82) is 5.26 Å². The zero-order valence-corrected chi connectivity index (χ0v) is 19.0. The Labute approximate surface area is 192 Å². The molecule has 2 aliphatic rings. The van der Waals surface area contributed by atoms with Crippen LogP contribution in [0.25, 0.3) is 5.52 Å². The minimum absolute atomic E-state index is 0.0485. The average Bonchev–Trinajstić information content (AvgIpc) is 3.24. The summed E-state index contributed by atoms with van der Waals surface area (Å²) in [5.74, 6) is 0.701. The second-order valence-electron chi connectivity index (χ2n) is 8.77. The summed E-state index contributed by atoms with van der Waals surface area (Å²) in [5, 5.41) is 14.0. The van der Waals surface area contributed by atoms with Crippen LogP contribution in [0.3, 0.4) is 0 Å². The van der Waals surface area contributed by atoms with Crippen LogP contribution in [-0.4, -0.2) is 57.6 Å². The summed E-state index contributed by atoms with van der Waals surface area (Å²) in [6, 6.07) is 6.58. The normalized spacial score (nSPS) is 23.3. The van der Waals surface area contributed by atoms with E-state index in [-0.39, 0.29) is 18.3 Å². The summed E-state index contributed by atoms with van der Waals surface area (Å²) in [5.41, 5.74) is 3.15. The predicted octanol–water partition coefficient (Wildman–Crippen LogP) is 3.30. The summed E-state index contributed by atoms with van der Waals surface area (Å²) >= 11 is 0. The van der Waals surface area contributed by atoms with E-state index >= 15 is 0 Å². The molecule has 9 nitrogen and oxygen atoms in total. The van der Waals surface area contributed by atoms with Crippen molar-refractivity contribution in [3.05, 3.63) is 42.0 Å². The molecule has 1 saturated heterocycles. The smallest absolute Gasteiger partial charge is 0.316 e. The van der Waals surface area contributed by atoms with Gasteiger partial charge in [0.1, 0.15) is 29.0 Å². The molecule has 3 aromatic rings. The Morgan fingerprint density at radius 1 is 1.18 bits per heavy atom. The summed E-state index contributed by atoms with van der Waals surface area (Å²) < 4.78 is 19.9. The van der Waals surface area contributed by atoms with Gasteiger partial charge in [0.2, 0.25) is 0 Å². The van der Waals surface area contributed by atoms with Crippen LogP contribution in [0, 0.1) is 18.3 Å². The molecule has 0 amide bonds. The fourth-order valence-corrected chi connectivity index (χ4v) is 4.55. The zero-order chi connectivity index (χ0) is 22.8. The van der Waals surface area contributed by atoms with Crippen molar-refractivity contribution >= 4 is 11.2 Å². The quantitative estimate of drug-likeness (QED) is 0.586. The first-order valence-corrected chi connectivity index (χ1v) is 11.5. The number of rotatable bonds is 5. The Morgan fingerprint density at radius 2 is 1.97 bits per heavy atom. The highest BCUT2D eigenvalue weighted by Crippen LogP contribution is 2.33. The van der Waals surface area contributed by atoms with E-state index in [1.54, 1.807) is 16.9 Å². The second kappa shape index (κ2) is 9.24. The minimum Gasteiger partial charge on any atom is -0.488 e. The highest BCUT2D eigenvalue weighted by atomic mass is 16.5. The monoisotopic (exact) mass is 448 g/mol. The van der Waals surface area contributed by atoms with Gasteiger partial charge in [-0.25, -0.2) is 14.5 Å². The van der Waals surface area contributed by atoms with Crippen LogP contribution >= 0.6 is 0 Å². The highest BCUT2D eigenvalue weighted by molar-refractivity contribution is 5.72. The molecule has 0 radical (unpaired) electrons. The van der Waals surface area contributed by atoms with E-state index in [1.807, 2.05) is 25.3 Å². The van der Waals surface area contributed by atoms with Gasteiger partial charge in [0.05, 0.1) is 36.9 Å². The molecular weight excluding hydrogens is 420 g/mol.